The van der Waals surface area contributed by atoms with Crippen molar-refractivity contribution in [2.75, 3.05) is 12.3 Å². The van der Waals surface area contributed by atoms with E-state index in [0.29, 0.717) is 11.2 Å². The quantitative estimate of drug-likeness (QED) is 0.290. The van der Waals surface area contributed by atoms with Crippen molar-refractivity contribution in [3.63, 3.8) is 0 Å². The van der Waals surface area contributed by atoms with E-state index >= 15 is 0 Å². The number of phosphoric acid groups is 2. The zero-order chi connectivity index (χ0) is 22.3. The van der Waals surface area contributed by atoms with Crippen molar-refractivity contribution in [1.82, 2.24) is 19.5 Å². The number of hydrogen-bond donors (Lipinski definition) is 4. The topological polar surface area (TPSA) is 247 Å². The van der Waals surface area contributed by atoms with E-state index in [2.05, 4.69) is 35.4 Å². The minimum absolute atomic E-state index is 0.0472. The van der Waals surface area contributed by atoms with Gasteiger partial charge in [-0.15, -0.1) is 0 Å². The molecule has 1 aliphatic rings. The molecule has 0 aliphatic carbocycles. The van der Waals surface area contributed by atoms with Gasteiger partial charge in [0.15, 0.2) is 11.5 Å². The highest BCUT2D eigenvalue weighted by atomic mass is 32.5. The maximum atomic E-state index is 11.3. The summed E-state index contributed by atoms with van der Waals surface area (Å²) in [6, 6.07) is 0. The number of nitrogen functional groups attached to an aromatic ring is 1. The highest BCUT2D eigenvalue weighted by Gasteiger charge is 2.38. The predicted octanol–water partition coefficient (Wildman–Crippen LogP) is -1.75. The Kier molecular flexibility index (Phi) is 6.78. The van der Waals surface area contributed by atoms with Gasteiger partial charge < -0.3 is 39.7 Å². The first-order valence-corrected chi connectivity index (χ1v) is 13.3. The van der Waals surface area contributed by atoms with Crippen molar-refractivity contribution in [1.29, 1.82) is 0 Å². The van der Waals surface area contributed by atoms with Gasteiger partial charge >= 0.3 is 6.72 Å². The van der Waals surface area contributed by atoms with E-state index in [1.165, 1.54) is 17.2 Å². The van der Waals surface area contributed by atoms with E-state index in [-0.39, 0.29) is 12.2 Å². The van der Waals surface area contributed by atoms with Crippen LogP contribution in [0.5, 0.6) is 0 Å². The number of rotatable bonds is 8. The van der Waals surface area contributed by atoms with Crippen LogP contribution in [0.2, 0.25) is 0 Å². The second-order valence-electron chi connectivity index (χ2n) is 5.86. The molecule has 0 aromatic carbocycles. The van der Waals surface area contributed by atoms with Gasteiger partial charge in [-0.3, -0.25) is 13.7 Å². The largest absolute Gasteiger partial charge is 0.756 e. The second kappa shape index (κ2) is 8.56. The first-order chi connectivity index (χ1) is 13.8. The standard InChI is InChI=1S/C10H16N5O11P3S/c11-9-8-10(13-3-12-9)15(4-14-8)7-1-5(16)6(24-7)2-23-29(22,30)26-28(20,21)25-27(17,18)19/h3-7,16H,1-2H2,(H,20,21)(H,22,30)(H2,11,12,13)(H2,17,18,19)/p-2. The molecule has 5 N–H and O–H groups in total. The predicted molar refractivity (Wildman–Crippen MR) is 96.3 cm³/mol. The fraction of sp³-hybridized carbons (Fsp3) is 0.500. The van der Waals surface area contributed by atoms with E-state index < -0.39 is 47.4 Å². The summed E-state index contributed by atoms with van der Waals surface area (Å²) in [5.41, 5.74) is 6.37. The Bertz CT molecular complexity index is 1080. The minimum atomic E-state index is -5.74. The Hall–Kier alpha value is -0.900. The number of anilines is 1. The van der Waals surface area contributed by atoms with Gasteiger partial charge in [0.25, 0.3) is 15.6 Å². The van der Waals surface area contributed by atoms with Crippen LogP contribution in [0, 0.1) is 0 Å². The van der Waals surface area contributed by atoms with Crippen molar-refractivity contribution in [2.45, 2.75) is 24.9 Å². The molecule has 1 saturated heterocycles. The summed E-state index contributed by atoms with van der Waals surface area (Å²) in [7, 11) is -11.5. The van der Waals surface area contributed by atoms with Gasteiger partial charge in [0.1, 0.15) is 24.2 Å². The number of ether oxygens (including phenoxy) is 1. The Morgan fingerprint density at radius 2 is 2.00 bits per heavy atom. The monoisotopic (exact) mass is 505 g/mol. The number of aromatic nitrogens is 4. The molecule has 3 heterocycles. The Labute approximate surface area is 172 Å². The molecular weight excluding hydrogens is 491 g/mol. The lowest BCUT2D eigenvalue weighted by Crippen LogP contribution is -2.26. The van der Waals surface area contributed by atoms with Crippen LogP contribution in [0.15, 0.2) is 12.7 Å². The van der Waals surface area contributed by atoms with Gasteiger partial charge in [0.2, 0.25) is 0 Å². The summed E-state index contributed by atoms with van der Waals surface area (Å²) < 4.78 is 41.0. The molecule has 6 atom stereocenters. The molecule has 30 heavy (non-hydrogen) atoms. The normalized spacial score (nSPS) is 28.1. The lowest BCUT2D eigenvalue weighted by molar-refractivity contribution is -0.236. The van der Waals surface area contributed by atoms with E-state index in [4.69, 9.17) is 19.9 Å². The fourth-order valence-corrected chi connectivity index (χ4v) is 6.43. The van der Waals surface area contributed by atoms with Gasteiger partial charge in [-0.05, 0) is 11.8 Å². The third-order valence-electron chi connectivity index (χ3n) is 3.71. The van der Waals surface area contributed by atoms with Crippen molar-refractivity contribution in [3.8, 4) is 0 Å². The van der Waals surface area contributed by atoms with Crippen LogP contribution < -0.4 is 15.5 Å². The molecule has 3 rings (SSSR count). The number of aliphatic hydroxyl groups is 1. The lowest BCUT2D eigenvalue weighted by Gasteiger charge is -2.30. The van der Waals surface area contributed by atoms with Crippen LogP contribution in [-0.2, 0) is 38.8 Å². The summed E-state index contributed by atoms with van der Waals surface area (Å²) in [5.74, 6) is 0.144. The van der Waals surface area contributed by atoms with E-state index in [1.807, 2.05) is 0 Å². The minimum Gasteiger partial charge on any atom is -0.756 e. The van der Waals surface area contributed by atoms with Gasteiger partial charge in [0, 0.05) is 6.42 Å². The Morgan fingerprint density at radius 1 is 1.30 bits per heavy atom. The molecule has 0 saturated carbocycles. The number of aliphatic hydroxyl groups excluding tert-OH is 1. The molecule has 1 aliphatic heterocycles. The van der Waals surface area contributed by atoms with E-state index in [9.17, 15) is 28.9 Å². The highest BCUT2D eigenvalue weighted by Crippen LogP contribution is 2.63. The second-order valence-corrected chi connectivity index (χ2v) is 11.6. The Morgan fingerprint density at radius 3 is 2.67 bits per heavy atom. The fourth-order valence-electron chi connectivity index (χ4n) is 2.58. The number of nitrogens with zero attached hydrogens (tertiary/aromatic N) is 4. The number of hydrogen-bond acceptors (Lipinski definition) is 14. The molecule has 2 aromatic heterocycles. The smallest absolute Gasteiger partial charge is 0.331 e. The molecule has 168 valence electrons. The molecule has 6 unspecified atom stereocenters. The van der Waals surface area contributed by atoms with Gasteiger partial charge in [-0.25, -0.2) is 23.6 Å². The first kappa shape index (κ1) is 23.8. The number of imidazole rings is 1. The average Bonchev–Trinajstić information content (AvgIpc) is 3.14. The van der Waals surface area contributed by atoms with E-state index in [1.54, 1.807) is 0 Å². The van der Waals surface area contributed by atoms with Crippen LogP contribution in [0.1, 0.15) is 12.6 Å². The molecule has 0 spiro atoms. The molecule has 0 amide bonds. The van der Waals surface area contributed by atoms with E-state index in [0.717, 1.165) is 0 Å². The highest BCUT2D eigenvalue weighted by molar-refractivity contribution is 8.08. The maximum absolute atomic E-state index is 11.3. The van der Waals surface area contributed by atoms with Gasteiger partial charge in [-0.1, -0.05) is 0 Å². The number of fused-ring (bicyclic) bond motifs is 1. The molecule has 16 nitrogen and oxygen atoms in total. The number of nitrogens with two attached hydrogens (primary N) is 1. The Balaban J connectivity index is 1.64. The van der Waals surface area contributed by atoms with Crippen LogP contribution >= 0.6 is 22.4 Å². The molecule has 2 aromatic rings. The third kappa shape index (κ3) is 5.87. The van der Waals surface area contributed by atoms with Gasteiger partial charge in [0.05, 0.1) is 19.0 Å². The molecular formula is C10H14N5O11P3S-2. The van der Waals surface area contributed by atoms with Crippen molar-refractivity contribution >= 4 is 51.2 Å². The summed E-state index contributed by atoms with van der Waals surface area (Å²) in [4.78, 5) is 51.9. The van der Waals surface area contributed by atoms with Crippen LogP contribution in [0.25, 0.3) is 11.2 Å². The summed E-state index contributed by atoms with van der Waals surface area (Å²) in [5, 5.41) is 10.2. The zero-order valence-electron chi connectivity index (χ0n) is 14.5. The maximum Gasteiger partial charge on any atom is 0.331 e. The van der Waals surface area contributed by atoms with Crippen molar-refractivity contribution < 1.29 is 51.7 Å². The molecule has 1 fully saturated rings. The summed E-state index contributed by atoms with van der Waals surface area (Å²) >= 11 is 4.45. The molecule has 0 bridgehead atoms. The summed E-state index contributed by atoms with van der Waals surface area (Å²) in [6.45, 7) is -5.21. The van der Waals surface area contributed by atoms with Crippen LogP contribution in [0.4, 0.5) is 5.82 Å². The zero-order valence-corrected chi connectivity index (χ0v) is 18.0. The van der Waals surface area contributed by atoms with Crippen molar-refractivity contribution in [2.24, 2.45) is 0 Å². The van der Waals surface area contributed by atoms with Crippen LogP contribution in [-0.4, -0.2) is 53.2 Å². The third-order valence-corrected chi connectivity index (χ3v) is 8.35. The van der Waals surface area contributed by atoms with Gasteiger partial charge in [-0.2, -0.15) is 0 Å². The average molecular weight is 505 g/mol. The summed E-state index contributed by atoms with van der Waals surface area (Å²) in [6.07, 6.45) is -0.337. The molecule has 0 radical (unpaired) electrons. The lowest BCUT2D eigenvalue weighted by atomic mass is 10.2. The van der Waals surface area contributed by atoms with Crippen molar-refractivity contribution in [3.05, 3.63) is 12.7 Å². The molecule has 20 heteroatoms. The SMILES string of the molecule is Nc1ncnc2c1ncn2C1CC(O)C(COP(O)(=S)OP(=O)([O-])OP(=O)([O-])O)O1. The first-order valence-electron chi connectivity index (χ1n) is 7.78. The van der Waals surface area contributed by atoms with Crippen LogP contribution in [0.3, 0.4) is 0 Å².